The number of anilines is 3. The van der Waals surface area contributed by atoms with Gasteiger partial charge in [-0.25, -0.2) is 9.37 Å². The van der Waals surface area contributed by atoms with E-state index in [0.717, 1.165) is 75.7 Å². The van der Waals surface area contributed by atoms with E-state index >= 15 is 0 Å². The van der Waals surface area contributed by atoms with Gasteiger partial charge in [0.2, 0.25) is 11.9 Å². The fourth-order valence-corrected chi connectivity index (χ4v) is 7.92. The smallest absolute Gasteiger partial charge is 0.246 e. The number of carbonyl (C=O) groups is 1. The molecule has 1 aromatic heterocycles. The summed E-state index contributed by atoms with van der Waals surface area (Å²) in [5, 5.41) is 19.9. The van der Waals surface area contributed by atoms with Gasteiger partial charge in [0.15, 0.2) is 0 Å². The minimum absolute atomic E-state index is 0.0101. The molecule has 3 fully saturated rings. The average molecular weight is 617 g/mol. The Hall–Kier alpha value is -3.91. The Morgan fingerprint density at radius 2 is 1.87 bits per heavy atom. The van der Waals surface area contributed by atoms with Crippen molar-refractivity contribution in [2.24, 2.45) is 5.41 Å². The third-order valence-electron chi connectivity index (χ3n) is 10.7. The van der Waals surface area contributed by atoms with Crippen molar-refractivity contribution in [2.75, 3.05) is 73.6 Å². The first-order chi connectivity index (χ1) is 21.8. The van der Waals surface area contributed by atoms with Gasteiger partial charge in [-0.1, -0.05) is 26.5 Å². The van der Waals surface area contributed by atoms with Gasteiger partial charge in [0.25, 0.3) is 0 Å². The SMILES string of the molecule is C=CC(=O)N1CCN(c2nc(N3CC(N(CC)CC)C3)nc3c2CCC2(CCN(c4c(O)cccc4F)CC2)C3)CC1CC#N. The molecular formula is C34H45FN8O2. The molecule has 0 radical (unpaired) electrons. The van der Waals surface area contributed by atoms with Crippen LogP contribution in [0.4, 0.5) is 21.8 Å². The van der Waals surface area contributed by atoms with E-state index in [0.29, 0.717) is 44.5 Å². The molecule has 1 N–H and O–H groups in total. The number of fused-ring (bicyclic) bond motifs is 1. The number of benzene rings is 1. The number of rotatable bonds is 8. The molecule has 2 aromatic rings. The molecule has 0 bridgehead atoms. The first-order valence-electron chi connectivity index (χ1n) is 16.5. The Bertz CT molecular complexity index is 1440. The van der Waals surface area contributed by atoms with Crippen molar-refractivity contribution < 1.29 is 14.3 Å². The molecule has 1 aromatic carbocycles. The molecular weight excluding hydrogens is 571 g/mol. The van der Waals surface area contributed by atoms with Crippen molar-refractivity contribution in [3.05, 3.63) is 47.9 Å². The fourth-order valence-electron chi connectivity index (χ4n) is 7.92. The molecule has 1 unspecified atom stereocenters. The van der Waals surface area contributed by atoms with Crippen LogP contribution in [0.5, 0.6) is 5.75 Å². The van der Waals surface area contributed by atoms with Crippen LogP contribution in [0.1, 0.15) is 50.8 Å². The van der Waals surface area contributed by atoms with E-state index < -0.39 is 0 Å². The number of nitriles is 1. The lowest BCUT2D eigenvalue weighted by molar-refractivity contribution is -0.128. The number of aromatic hydroxyl groups is 1. The topological polar surface area (TPSA) is 103 Å². The molecule has 1 amide bonds. The molecule has 1 aliphatic carbocycles. The van der Waals surface area contributed by atoms with Gasteiger partial charge in [-0.05, 0) is 68.8 Å². The molecule has 6 rings (SSSR count). The van der Waals surface area contributed by atoms with Gasteiger partial charge in [0, 0.05) is 57.4 Å². The zero-order chi connectivity index (χ0) is 31.7. The monoisotopic (exact) mass is 616 g/mol. The van der Waals surface area contributed by atoms with Gasteiger partial charge in [0.05, 0.1) is 24.2 Å². The van der Waals surface area contributed by atoms with Gasteiger partial charge < -0.3 is 24.7 Å². The molecule has 240 valence electrons. The van der Waals surface area contributed by atoms with Crippen LogP contribution in [0.3, 0.4) is 0 Å². The second-order valence-corrected chi connectivity index (χ2v) is 13.0. The van der Waals surface area contributed by atoms with Crippen LogP contribution >= 0.6 is 0 Å². The van der Waals surface area contributed by atoms with Crippen LogP contribution in [-0.4, -0.2) is 102 Å². The van der Waals surface area contributed by atoms with Gasteiger partial charge in [-0.15, -0.1) is 0 Å². The summed E-state index contributed by atoms with van der Waals surface area (Å²) >= 11 is 0. The molecule has 45 heavy (non-hydrogen) atoms. The van der Waals surface area contributed by atoms with E-state index in [1.165, 1.54) is 23.8 Å². The van der Waals surface area contributed by atoms with Gasteiger partial charge in [0.1, 0.15) is 23.1 Å². The maximum Gasteiger partial charge on any atom is 0.246 e. The Balaban J connectivity index is 1.27. The number of para-hydroxylation sites is 1. The van der Waals surface area contributed by atoms with E-state index in [1.807, 2.05) is 4.90 Å². The van der Waals surface area contributed by atoms with E-state index in [2.05, 4.69) is 41.2 Å². The maximum absolute atomic E-state index is 14.7. The number of amides is 1. The largest absolute Gasteiger partial charge is 0.506 e. The predicted octanol–water partition coefficient (Wildman–Crippen LogP) is 3.74. The number of halogens is 1. The molecule has 3 aliphatic heterocycles. The van der Waals surface area contributed by atoms with Crippen LogP contribution in [0.2, 0.25) is 0 Å². The first kappa shape index (κ1) is 31.1. The second-order valence-electron chi connectivity index (χ2n) is 13.0. The third kappa shape index (κ3) is 5.92. The highest BCUT2D eigenvalue weighted by Crippen LogP contribution is 2.47. The van der Waals surface area contributed by atoms with E-state index in [1.54, 1.807) is 11.0 Å². The van der Waals surface area contributed by atoms with Crippen molar-refractivity contribution in [2.45, 2.75) is 64.5 Å². The highest BCUT2D eigenvalue weighted by molar-refractivity contribution is 5.87. The third-order valence-corrected chi connectivity index (χ3v) is 10.7. The van der Waals surface area contributed by atoms with Crippen molar-refractivity contribution in [3.63, 3.8) is 0 Å². The summed E-state index contributed by atoms with van der Waals surface area (Å²) in [6.07, 6.45) is 6.07. The summed E-state index contributed by atoms with van der Waals surface area (Å²) in [5.74, 6) is 1.17. The summed E-state index contributed by atoms with van der Waals surface area (Å²) in [4.78, 5) is 33.8. The summed E-state index contributed by atoms with van der Waals surface area (Å²) in [7, 11) is 0. The number of piperidine rings is 1. The number of hydrogen-bond acceptors (Lipinski definition) is 9. The van der Waals surface area contributed by atoms with Crippen molar-refractivity contribution >= 4 is 23.4 Å². The number of hydrogen-bond donors (Lipinski definition) is 1. The van der Waals surface area contributed by atoms with Crippen LogP contribution in [0.15, 0.2) is 30.9 Å². The minimum Gasteiger partial charge on any atom is -0.506 e. The highest BCUT2D eigenvalue weighted by Gasteiger charge is 2.42. The van der Waals surface area contributed by atoms with Gasteiger partial charge in [-0.3, -0.25) is 9.69 Å². The van der Waals surface area contributed by atoms with E-state index in [9.17, 15) is 19.6 Å². The quantitative estimate of drug-likeness (QED) is 0.445. The van der Waals surface area contributed by atoms with Crippen molar-refractivity contribution in [1.82, 2.24) is 19.8 Å². The molecule has 10 nitrogen and oxygen atoms in total. The average Bonchev–Trinajstić information content (AvgIpc) is 3.02. The second kappa shape index (κ2) is 12.8. The summed E-state index contributed by atoms with van der Waals surface area (Å²) in [5.41, 5.74) is 2.64. The van der Waals surface area contributed by atoms with E-state index in [4.69, 9.17) is 9.97 Å². The fraction of sp³-hybridized carbons (Fsp3) is 0.588. The first-order valence-corrected chi connectivity index (χ1v) is 16.5. The number of carbonyl (C=O) groups excluding carboxylic acids is 1. The lowest BCUT2D eigenvalue weighted by Crippen LogP contribution is -2.60. The van der Waals surface area contributed by atoms with Crippen LogP contribution < -0.4 is 14.7 Å². The number of phenolic OH excluding ortho intramolecular Hbond substituents is 1. The number of likely N-dealkylation sites (N-methyl/N-ethyl adjacent to an activating group) is 1. The van der Waals surface area contributed by atoms with Crippen LogP contribution in [-0.2, 0) is 17.6 Å². The molecule has 3 saturated heterocycles. The van der Waals surface area contributed by atoms with Crippen molar-refractivity contribution in [3.8, 4) is 11.8 Å². The summed E-state index contributed by atoms with van der Waals surface area (Å²) in [6.45, 7) is 15.0. The molecule has 4 heterocycles. The minimum atomic E-state index is -0.385. The Morgan fingerprint density at radius 3 is 2.53 bits per heavy atom. The number of aromatic nitrogens is 2. The zero-order valence-corrected chi connectivity index (χ0v) is 26.6. The zero-order valence-electron chi connectivity index (χ0n) is 26.6. The number of nitrogens with zero attached hydrogens (tertiary/aromatic N) is 8. The Morgan fingerprint density at radius 1 is 1.11 bits per heavy atom. The van der Waals surface area contributed by atoms with Gasteiger partial charge >= 0.3 is 0 Å². The standard InChI is InChI=1S/C34H45FN8O2/c1-4-30(45)43-19-18-41(21-24(43)11-15-36)32-26-10-12-34(13-16-40(17-14-34)31-27(35)8-7-9-29(31)44)20-28(26)37-33(38-32)42-22-25(23-42)39(5-2)6-3/h4,7-9,24-25,44H,1,5-6,10-14,16-23H2,2-3H3. The summed E-state index contributed by atoms with van der Waals surface area (Å²) in [6, 6.07) is 7.03. The molecule has 4 aliphatic rings. The number of piperazine rings is 1. The predicted molar refractivity (Wildman–Crippen MR) is 173 cm³/mol. The maximum atomic E-state index is 14.7. The lowest BCUT2D eigenvalue weighted by Gasteiger charge is -2.48. The lowest BCUT2D eigenvalue weighted by atomic mass is 9.67. The van der Waals surface area contributed by atoms with Crippen LogP contribution in [0.25, 0.3) is 0 Å². The summed E-state index contributed by atoms with van der Waals surface area (Å²) < 4.78 is 14.7. The van der Waals surface area contributed by atoms with Crippen LogP contribution in [0, 0.1) is 22.6 Å². The Labute approximate surface area is 265 Å². The van der Waals surface area contributed by atoms with Crippen molar-refractivity contribution in [1.29, 1.82) is 5.26 Å². The van der Waals surface area contributed by atoms with E-state index in [-0.39, 0.29) is 35.4 Å². The molecule has 1 atom stereocenters. The highest BCUT2D eigenvalue weighted by atomic mass is 19.1. The molecule has 1 spiro atoms. The molecule has 11 heteroatoms. The normalized spacial score (nSPS) is 21.4. The molecule has 0 saturated carbocycles. The van der Waals surface area contributed by atoms with Gasteiger partial charge in [-0.2, -0.15) is 10.2 Å². The number of phenols is 1. The Kier molecular flexibility index (Phi) is 8.87.